The lowest BCUT2D eigenvalue weighted by atomic mass is 10.2. The number of likely N-dealkylation sites (tertiary alicyclic amines) is 1. The Morgan fingerprint density at radius 2 is 1.76 bits per heavy atom. The number of hydrogen-bond donors (Lipinski definition) is 2. The molecule has 90 valence electrons. The smallest absolute Gasteiger partial charge is 0.246 e. The molecule has 0 aromatic heterocycles. The van der Waals surface area contributed by atoms with Crippen LogP contribution in [0.4, 0.5) is 0 Å². The predicted molar refractivity (Wildman–Crippen MR) is 64.1 cm³/mol. The normalized spacial score (nSPS) is 24.5. The van der Waals surface area contributed by atoms with E-state index in [-0.39, 0.29) is 19.0 Å². The van der Waals surface area contributed by atoms with Crippen molar-refractivity contribution in [2.75, 3.05) is 13.1 Å². The first-order valence-electron chi connectivity index (χ1n) is 5.55. The summed E-state index contributed by atoms with van der Waals surface area (Å²) in [6.07, 6.45) is 1.52. The molecule has 0 bridgehead atoms. The highest BCUT2D eigenvalue weighted by molar-refractivity contribution is 5.92. The third-order valence-corrected chi connectivity index (χ3v) is 2.79. The van der Waals surface area contributed by atoms with Gasteiger partial charge in [-0.2, -0.15) is 0 Å². The quantitative estimate of drug-likeness (QED) is 0.720. The number of hydrogen-bond acceptors (Lipinski definition) is 3. The van der Waals surface area contributed by atoms with Gasteiger partial charge in [-0.3, -0.25) is 4.79 Å². The van der Waals surface area contributed by atoms with Gasteiger partial charge in [-0.15, -0.1) is 0 Å². The van der Waals surface area contributed by atoms with Crippen LogP contribution in [0, 0.1) is 0 Å². The van der Waals surface area contributed by atoms with Crippen LogP contribution in [0.25, 0.3) is 6.08 Å². The first-order valence-corrected chi connectivity index (χ1v) is 5.55. The first-order chi connectivity index (χ1) is 8.16. The van der Waals surface area contributed by atoms with Gasteiger partial charge in [-0.1, -0.05) is 30.3 Å². The summed E-state index contributed by atoms with van der Waals surface area (Å²) in [5.74, 6) is -0.190. The maximum absolute atomic E-state index is 11.7. The largest absolute Gasteiger partial charge is 0.388 e. The topological polar surface area (TPSA) is 60.8 Å². The van der Waals surface area contributed by atoms with E-state index in [9.17, 15) is 15.0 Å². The van der Waals surface area contributed by atoms with E-state index >= 15 is 0 Å². The summed E-state index contributed by atoms with van der Waals surface area (Å²) in [4.78, 5) is 13.2. The molecule has 17 heavy (non-hydrogen) atoms. The van der Waals surface area contributed by atoms with Crippen molar-refractivity contribution < 1.29 is 15.0 Å². The number of carbonyl (C=O) groups excluding carboxylic acids is 1. The van der Waals surface area contributed by atoms with Crippen molar-refractivity contribution in [1.82, 2.24) is 4.90 Å². The molecule has 4 nitrogen and oxygen atoms in total. The third-order valence-electron chi connectivity index (χ3n) is 2.79. The van der Waals surface area contributed by atoms with Crippen molar-refractivity contribution in [2.45, 2.75) is 12.2 Å². The Hall–Kier alpha value is -1.65. The molecular weight excluding hydrogens is 218 g/mol. The average Bonchev–Trinajstić information content (AvgIpc) is 2.68. The van der Waals surface area contributed by atoms with Crippen molar-refractivity contribution in [1.29, 1.82) is 0 Å². The van der Waals surface area contributed by atoms with Crippen molar-refractivity contribution in [2.24, 2.45) is 0 Å². The van der Waals surface area contributed by atoms with E-state index in [0.29, 0.717) is 0 Å². The maximum Gasteiger partial charge on any atom is 0.246 e. The number of amides is 1. The monoisotopic (exact) mass is 233 g/mol. The van der Waals surface area contributed by atoms with Gasteiger partial charge in [0, 0.05) is 19.2 Å². The number of β-amino-alcohol motifs (C(OH)–C–C–N with tert-alkyl or cyclic N) is 2. The fourth-order valence-corrected chi connectivity index (χ4v) is 1.79. The molecule has 4 heteroatoms. The number of carbonyl (C=O) groups is 1. The van der Waals surface area contributed by atoms with Gasteiger partial charge in [0.2, 0.25) is 5.91 Å². The second-order valence-electron chi connectivity index (χ2n) is 4.12. The van der Waals surface area contributed by atoms with Gasteiger partial charge in [-0.25, -0.2) is 0 Å². The molecule has 0 radical (unpaired) electrons. The minimum atomic E-state index is -0.830. The summed E-state index contributed by atoms with van der Waals surface area (Å²) in [6, 6.07) is 9.50. The van der Waals surface area contributed by atoms with Crippen LogP contribution >= 0.6 is 0 Å². The molecule has 2 unspecified atom stereocenters. The summed E-state index contributed by atoms with van der Waals surface area (Å²) in [7, 11) is 0. The number of nitrogens with zero attached hydrogens (tertiary/aromatic N) is 1. The number of aliphatic hydroxyl groups excluding tert-OH is 2. The Labute approximate surface area is 99.8 Å². The highest BCUT2D eigenvalue weighted by Crippen LogP contribution is 2.11. The highest BCUT2D eigenvalue weighted by atomic mass is 16.3. The fraction of sp³-hybridized carbons (Fsp3) is 0.308. The molecule has 2 atom stereocenters. The van der Waals surface area contributed by atoms with Gasteiger partial charge < -0.3 is 15.1 Å². The van der Waals surface area contributed by atoms with Gasteiger partial charge in [0.1, 0.15) is 0 Å². The second-order valence-corrected chi connectivity index (χ2v) is 4.12. The summed E-state index contributed by atoms with van der Waals surface area (Å²) < 4.78 is 0. The predicted octanol–water partition coefficient (Wildman–Crippen LogP) is 0.264. The van der Waals surface area contributed by atoms with Gasteiger partial charge in [0.15, 0.2) is 0 Å². The zero-order valence-corrected chi connectivity index (χ0v) is 9.36. The summed E-state index contributed by atoms with van der Waals surface area (Å²) >= 11 is 0. The molecule has 1 aromatic carbocycles. The van der Waals surface area contributed by atoms with Crippen molar-refractivity contribution in [3.63, 3.8) is 0 Å². The average molecular weight is 233 g/mol. The Bertz CT molecular complexity index is 406. The zero-order valence-electron chi connectivity index (χ0n) is 9.36. The lowest BCUT2D eigenvalue weighted by Crippen LogP contribution is -2.27. The molecule has 1 aliphatic heterocycles. The molecule has 0 aliphatic carbocycles. The standard InChI is InChI=1S/C13H15NO3/c15-11-8-14(9-12(11)16)13(17)7-6-10-4-2-1-3-5-10/h1-7,11-12,15-16H,8-9H2. The molecule has 1 aromatic rings. The van der Waals surface area contributed by atoms with Gasteiger partial charge >= 0.3 is 0 Å². The van der Waals surface area contributed by atoms with E-state index in [1.807, 2.05) is 30.3 Å². The van der Waals surface area contributed by atoms with Crippen LogP contribution in [0.5, 0.6) is 0 Å². The highest BCUT2D eigenvalue weighted by Gasteiger charge is 2.31. The Morgan fingerprint density at radius 1 is 1.18 bits per heavy atom. The number of rotatable bonds is 2. The molecule has 1 fully saturated rings. The van der Waals surface area contributed by atoms with Crippen molar-refractivity contribution in [3.8, 4) is 0 Å². The molecule has 1 heterocycles. The van der Waals surface area contributed by atoms with E-state index in [4.69, 9.17) is 0 Å². The summed E-state index contributed by atoms with van der Waals surface area (Å²) in [5.41, 5.74) is 0.946. The maximum atomic E-state index is 11.7. The van der Waals surface area contributed by atoms with Gasteiger partial charge in [-0.05, 0) is 11.6 Å². The summed E-state index contributed by atoms with van der Waals surface area (Å²) in [5, 5.41) is 18.7. The van der Waals surface area contributed by atoms with E-state index in [0.717, 1.165) is 5.56 Å². The van der Waals surface area contributed by atoms with Gasteiger partial charge in [0.05, 0.1) is 12.2 Å². The Kier molecular flexibility index (Phi) is 3.56. The lowest BCUT2D eigenvalue weighted by molar-refractivity contribution is -0.125. The van der Waals surface area contributed by atoms with Crippen LogP contribution in [0.15, 0.2) is 36.4 Å². The molecule has 2 rings (SSSR count). The van der Waals surface area contributed by atoms with Crippen LogP contribution in [0.3, 0.4) is 0 Å². The lowest BCUT2D eigenvalue weighted by Gasteiger charge is -2.11. The molecule has 0 spiro atoms. The van der Waals surface area contributed by atoms with Crippen LogP contribution in [0.2, 0.25) is 0 Å². The van der Waals surface area contributed by atoms with Crippen molar-refractivity contribution in [3.05, 3.63) is 42.0 Å². The molecule has 1 saturated heterocycles. The second kappa shape index (κ2) is 5.12. The van der Waals surface area contributed by atoms with Crippen molar-refractivity contribution >= 4 is 12.0 Å². The minimum Gasteiger partial charge on any atom is -0.388 e. The van der Waals surface area contributed by atoms with Crippen LogP contribution in [-0.2, 0) is 4.79 Å². The molecule has 0 saturated carbocycles. The zero-order chi connectivity index (χ0) is 12.3. The molecule has 1 aliphatic rings. The Morgan fingerprint density at radius 3 is 2.35 bits per heavy atom. The first kappa shape index (κ1) is 11.8. The van der Waals surface area contributed by atoms with Crippen LogP contribution in [-0.4, -0.2) is 46.3 Å². The third kappa shape index (κ3) is 2.93. The molecular formula is C13H15NO3. The Balaban J connectivity index is 1.96. The van der Waals surface area contributed by atoms with Crippen LogP contribution in [0.1, 0.15) is 5.56 Å². The number of benzene rings is 1. The van der Waals surface area contributed by atoms with E-state index in [2.05, 4.69) is 0 Å². The SMILES string of the molecule is O=C(C=Cc1ccccc1)N1CC(O)C(O)C1. The van der Waals surface area contributed by atoms with E-state index in [1.54, 1.807) is 6.08 Å². The van der Waals surface area contributed by atoms with Crippen LogP contribution < -0.4 is 0 Å². The minimum absolute atomic E-state index is 0.190. The van der Waals surface area contributed by atoms with E-state index < -0.39 is 12.2 Å². The molecule has 1 amide bonds. The number of aliphatic hydroxyl groups is 2. The fourth-order valence-electron chi connectivity index (χ4n) is 1.79. The van der Waals surface area contributed by atoms with E-state index in [1.165, 1.54) is 11.0 Å². The van der Waals surface area contributed by atoms with Gasteiger partial charge in [0.25, 0.3) is 0 Å². The summed E-state index contributed by atoms with van der Waals surface area (Å²) in [6.45, 7) is 0.387. The molecule has 2 N–H and O–H groups in total.